The van der Waals surface area contributed by atoms with Gasteiger partial charge in [0.1, 0.15) is 17.3 Å². The number of hydrogen-bond acceptors (Lipinski definition) is 3. The lowest BCUT2D eigenvalue weighted by Gasteiger charge is -2.13. The predicted molar refractivity (Wildman–Crippen MR) is 70.0 cm³/mol. The van der Waals surface area contributed by atoms with Crippen LogP contribution in [0.2, 0.25) is 0 Å². The zero-order valence-electron chi connectivity index (χ0n) is 11.2. The molecule has 0 aliphatic carbocycles. The van der Waals surface area contributed by atoms with E-state index in [0.29, 0.717) is 6.42 Å². The number of ether oxygens (including phenoxy) is 1. The van der Waals surface area contributed by atoms with Gasteiger partial charge in [0, 0.05) is 6.08 Å². The number of benzene rings is 1. The first-order chi connectivity index (χ1) is 9.45. The molecule has 108 valence electrons. The lowest BCUT2D eigenvalue weighted by atomic mass is 10.2. The van der Waals surface area contributed by atoms with Gasteiger partial charge < -0.3 is 10.1 Å². The van der Waals surface area contributed by atoms with Crippen LogP contribution in [-0.4, -0.2) is 18.0 Å². The van der Waals surface area contributed by atoms with Crippen molar-refractivity contribution < 1.29 is 23.1 Å². The molecule has 1 rings (SSSR count). The Bertz CT molecular complexity index is 509. The van der Waals surface area contributed by atoms with Crippen LogP contribution in [0.5, 0.6) is 0 Å². The minimum atomic E-state index is -1.16. The fourth-order valence-electron chi connectivity index (χ4n) is 1.32. The number of rotatable bonds is 5. The number of carbonyl (C=O) groups is 2. The molecular weight excluding hydrogens is 268 g/mol. The molecule has 1 aromatic rings. The zero-order valence-corrected chi connectivity index (χ0v) is 11.2. The van der Waals surface area contributed by atoms with Gasteiger partial charge in [-0.3, -0.25) is 4.79 Å². The molecule has 0 aliphatic rings. The lowest BCUT2D eigenvalue weighted by Crippen LogP contribution is -2.30. The maximum Gasteiger partial charge on any atom is 0.331 e. The average molecular weight is 283 g/mol. The number of anilines is 1. The summed E-state index contributed by atoms with van der Waals surface area (Å²) in [6, 6.07) is 3.21. The third-order valence-electron chi connectivity index (χ3n) is 2.36. The summed E-state index contributed by atoms with van der Waals surface area (Å²) in [5.41, 5.74) is -0.565. The van der Waals surface area contributed by atoms with Gasteiger partial charge in [-0.25, -0.2) is 13.6 Å². The van der Waals surface area contributed by atoms with Crippen LogP contribution in [0.25, 0.3) is 0 Å². The highest BCUT2D eigenvalue weighted by Gasteiger charge is 2.19. The standard InChI is InChI=1S/C14H15F2NO3/c1-3-4-8-12(18)20-9(2)14(19)17-13-10(15)6-5-7-11(13)16/h4-9H,3H2,1-2H3,(H,17,19)/b8-4+/t9-/m0/s1. The van der Waals surface area contributed by atoms with E-state index in [4.69, 9.17) is 4.74 Å². The molecule has 0 saturated heterocycles. The van der Waals surface area contributed by atoms with Crippen molar-refractivity contribution in [3.05, 3.63) is 42.0 Å². The number of nitrogens with one attached hydrogen (secondary N) is 1. The Hall–Kier alpha value is -2.24. The van der Waals surface area contributed by atoms with E-state index in [9.17, 15) is 18.4 Å². The SMILES string of the molecule is CC/C=C/C(=O)O[C@@H](C)C(=O)Nc1c(F)cccc1F. The van der Waals surface area contributed by atoms with Crippen LogP contribution >= 0.6 is 0 Å². The summed E-state index contributed by atoms with van der Waals surface area (Å²) < 4.78 is 31.4. The summed E-state index contributed by atoms with van der Waals surface area (Å²) in [6.07, 6.45) is 2.25. The molecule has 0 fully saturated rings. The first-order valence-corrected chi connectivity index (χ1v) is 6.07. The Morgan fingerprint density at radius 2 is 1.95 bits per heavy atom. The Morgan fingerprint density at radius 3 is 2.50 bits per heavy atom. The molecule has 1 amide bonds. The molecule has 0 aromatic heterocycles. The largest absolute Gasteiger partial charge is 0.449 e. The number of carbonyl (C=O) groups excluding carboxylic acids is 2. The Kier molecular flexibility index (Phi) is 5.83. The molecular formula is C14H15F2NO3. The number of allylic oxidation sites excluding steroid dienone is 1. The predicted octanol–water partition coefficient (Wildman–Crippen LogP) is 2.80. The number of halogens is 2. The number of amides is 1. The summed E-state index contributed by atoms with van der Waals surface area (Å²) in [4.78, 5) is 22.9. The highest BCUT2D eigenvalue weighted by Crippen LogP contribution is 2.18. The topological polar surface area (TPSA) is 55.4 Å². The maximum absolute atomic E-state index is 13.3. The summed E-state index contributed by atoms with van der Waals surface area (Å²) in [6.45, 7) is 3.15. The van der Waals surface area contributed by atoms with E-state index in [0.717, 1.165) is 12.1 Å². The summed E-state index contributed by atoms with van der Waals surface area (Å²) >= 11 is 0. The van der Waals surface area contributed by atoms with Gasteiger partial charge in [0.2, 0.25) is 0 Å². The first kappa shape index (κ1) is 15.8. The molecule has 4 nitrogen and oxygen atoms in total. The van der Waals surface area contributed by atoms with Crippen molar-refractivity contribution in [3.63, 3.8) is 0 Å². The van der Waals surface area contributed by atoms with E-state index < -0.39 is 35.3 Å². The number of hydrogen-bond donors (Lipinski definition) is 1. The van der Waals surface area contributed by atoms with E-state index in [2.05, 4.69) is 0 Å². The van der Waals surface area contributed by atoms with Crippen LogP contribution in [0.15, 0.2) is 30.4 Å². The molecule has 20 heavy (non-hydrogen) atoms. The van der Waals surface area contributed by atoms with Crippen molar-refractivity contribution >= 4 is 17.6 Å². The second kappa shape index (κ2) is 7.37. The van der Waals surface area contributed by atoms with Crippen molar-refractivity contribution in [2.24, 2.45) is 0 Å². The third kappa shape index (κ3) is 4.46. The van der Waals surface area contributed by atoms with Gasteiger partial charge in [-0.15, -0.1) is 0 Å². The highest BCUT2D eigenvalue weighted by molar-refractivity contribution is 5.96. The molecule has 0 radical (unpaired) electrons. The molecule has 1 aromatic carbocycles. The molecule has 0 saturated carbocycles. The van der Waals surface area contributed by atoms with Gasteiger partial charge in [-0.05, 0) is 25.5 Å². The van der Waals surface area contributed by atoms with Gasteiger partial charge >= 0.3 is 5.97 Å². The number of para-hydroxylation sites is 1. The summed E-state index contributed by atoms with van der Waals surface area (Å²) in [7, 11) is 0. The van der Waals surface area contributed by atoms with Crippen molar-refractivity contribution in [1.82, 2.24) is 0 Å². The van der Waals surface area contributed by atoms with Gasteiger partial charge in [0.15, 0.2) is 6.10 Å². The van der Waals surface area contributed by atoms with E-state index in [1.165, 1.54) is 19.1 Å². The van der Waals surface area contributed by atoms with Crippen molar-refractivity contribution in [1.29, 1.82) is 0 Å². The highest BCUT2D eigenvalue weighted by atomic mass is 19.1. The smallest absolute Gasteiger partial charge is 0.331 e. The van der Waals surface area contributed by atoms with Gasteiger partial charge in [0.25, 0.3) is 5.91 Å². The summed E-state index contributed by atoms with van der Waals surface area (Å²) in [5.74, 6) is -3.30. The fraction of sp³-hybridized carbons (Fsp3) is 0.286. The van der Waals surface area contributed by atoms with Gasteiger partial charge in [-0.2, -0.15) is 0 Å². The van der Waals surface area contributed by atoms with Crippen LogP contribution in [0, 0.1) is 11.6 Å². The third-order valence-corrected chi connectivity index (χ3v) is 2.36. The molecule has 0 unspecified atom stereocenters. The monoisotopic (exact) mass is 283 g/mol. The van der Waals surface area contributed by atoms with Crippen molar-refractivity contribution in [3.8, 4) is 0 Å². The van der Waals surface area contributed by atoms with E-state index >= 15 is 0 Å². The fourth-order valence-corrected chi connectivity index (χ4v) is 1.32. The molecule has 1 atom stereocenters. The van der Waals surface area contributed by atoms with Gasteiger partial charge in [-0.1, -0.05) is 19.1 Å². The van der Waals surface area contributed by atoms with Crippen molar-refractivity contribution in [2.75, 3.05) is 5.32 Å². The van der Waals surface area contributed by atoms with Crippen LogP contribution < -0.4 is 5.32 Å². The van der Waals surface area contributed by atoms with Crippen LogP contribution in [0.1, 0.15) is 20.3 Å². The van der Waals surface area contributed by atoms with Crippen molar-refractivity contribution in [2.45, 2.75) is 26.4 Å². The zero-order chi connectivity index (χ0) is 15.1. The quantitative estimate of drug-likeness (QED) is 0.668. The molecule has 0 spiro atoms. The molecule has 0 aliphatic heterocycles. The normalized spacial score (nSPS) is 12.2. The summed E-state index contributed by atoms with van der Waals surface area (Å²) in [5, 5.41) is 2.05. The van der Waals surface area contributed by atoms with Crippen LogP contribution in [0.4, 0.5) is 14.5 Å². The Labute approximate surface area is 115 Å². The van der Waals surface area contributed by atoms with Gasteiger partial charge in [0.05, 0.1) is 0 Å². The first-order valence-electron chi connectivity index (χ1n) is 6.07. The second-order valence-electron chi connectivity index (χ2n) is 3.98. The maximum atomic E-state index is 13.3. The molecule has 0 heterocycles. The minimum Gasteiger partial charge on any atom is -0.449 e. The average Bonchev–Trinajstić information content (AvgIpc) is 2.40. The second-order valence-corrected chi connectivity index (χ2v) is 3.98. The Morgan fingerprint density at radius 1 is 1.35 bits per heavy atom. The Balaban J connectivity index is 2.67. The lowest BCUT2D eigenvalue weighted by molar-refractivity contribution is -0.148. The van der Waals surface area contributed by atoms with E-state index in [1.54, 1.807) is 6.08 Å². The van der Waals surface area contributed by atoms with E-state index in [1.807, 2.05) is 12.2 Å². The molecule has 1 N–H and O–H groups in total. The minimum absolute atomic E-state index is 0.565. The number of esters is 1. The van der Waals surface area contributed by atoms with Crippen LogP contribution in [-0.2, 0) is 14.3 Å². The molecule has 0 bridgehead atoms. The molecule has 6 heteroatoms. The van der Waals surface area contributed by atoms with Crippen LogP contribution in [0.3, 0.4) is 0 Å². The van der Waals surface area contributed by atoms with E-state index in [-0.39, 0.29) is 0 Å².